The molecule has 5 nitrogen and oxygen atoms in total. The molecule has 0 bridgehead atoms. The minimum Gasteiger partial charge on any atom is -0.487 e. The Morgan fingerprint density at radius 3 is 2.85 bits per heavy atom. The van der Waals surface area contributed by atoms with E-state index in [-0.39, 0.29) is 12.2 Å². The van der Waals surface area contributed by atoms with Gasteiger partial charge in [-0.2, -0.15) is 0 Å². The van der Waals surface area contributed by atoms with E-state index < -0.39 is 5.60 Å². The number of amides is 1. The number of hydrogen-bond acceptors (Lipinski definition) is 4. The summed E-state index contributed by atoms with van der Waals surface area (Å²) in [5, 5.41) is 0. The van der Waals surface area contributed by atoms with Gasteiger partial charge in [-0.1, -0.05) is 38.0 Å². The molecule has 2 rings (SSSR count). The number of ether oxygens (including phenoxy) is 2. The number of unbranched alkanes of at least 4 members (excludes halogenated alkanes) is 4. The van der Waals surface area contributed by atoms with Crippen LogP contribution < -0.4 is 4.74 Å². The van der Waals surface area contributed by atoms with Crippen molar-refractivity contribution in [3.63, 3.8) is 0 Å². The molecule has 1 aromatic rings. The second kappa shape index (κ2) is 10.2. The van der Waals surface area contributed by atoms with Gasteiger partial charge in [-0.3, -0.25) is 4.98 Å². The zero-order chi connectivity index (χ0) is 19.7. The molecule has 0 N–H and O–H groups in total. The van der Waals surface area contributed by atoms with Crippen LogP contribution in [-0.4, -0.2) is 40.8 Å². The minimum absolute atomic E-state index is 0.0448. The molecule has 0 saturated carbocycles. The Labute approximate surface area is 163 Å². The number of aromatic nitrogens is 1. The first kappa shape index (κ1) is 21.1. The average Bonchev–Trinajstić information content (AvgIpc) is 3.05. The van der Waals surface area contributed by atoms with Crippen LogP contribution >= 0.6 is 0 Å². The van der Waals surface area contributed by atoms with Gasteiger partial charge in [0.15, 0.2) is 0 Å². The van der Waals surface area contributed by atoms with Crippen LogP contribution in [0.3, 0.4) is 0 Å². The van der Waals surface area contributed by atoms with Crippen molar-refractivity contribution in [2.24, 2.45) is 0 Å². The average molecular weight is 373 g/mol. The maximum absolute atomic E-state index is 12.1. The lowest BCUT2D eigenvalue weighted by molar-refractivity contribution is 0.0275. The number of hydrogen-bond donors (Lipinski definition) is 0. The summed E-state index contributed by atoms with van der Waals surface area (Å²) in [5.41, 5.74) is 0.383. The summed E-state index contributed by atoms with van der Waals surface area (Å²) in [5.74, 6) is 7.07. The molecule has 1 aliphatic rings. The molecule has 1 fully saturated rings. The highest BCUT2D eigenvalue weighted by Crippen LogP contribution is 2.20. The SMILES string of the molecule is CCCCCCC#Cc1cncc(O[C@H]2CCN(C(=O)OC(C)(C)C)C2)c1. The molecule has 0 spiro atoms. The molecule has 0 unspecified atom stereocenters. The highest BCUT2D eigenvalue weighted by molar-refractivity contribution is 5.68. The Kier molecular flexibility index (Phi) is 7.97. The van der Waals surface area contributed by atoms with E-state index in [4.69, 9.17) is 9.47 Å². The summed E-state index contributed by atoms with van der Waals surface area (Å²) in [6, 6.07) is 1.92. The molecule has 27 heavy (non-hydrogen) atoms. The third-order valence-electron chi connectivity index (χ3n) is 4.20. The van der Waals surface area contributed by atoms with Crippen LogP contribution in [0.4, 0.5) is 4.79 Å². The quantitative estimate of drug-likeness (QED) is 0.532. The van der Waals surface area contributed by atoms with Gasteiger partial charge in [-0.05, 0) is 33.3 Å². The molecule has 2 heterocycles. The lowest BCUT2D eigenvalue weighted by atomic mass is 10.1. The van der Waals surface area contributed by atoms with Crippen LogP contribution in [0.15, 0.2) is 18.5 Å². The van der Waals surface area contributed by atoms with Gasteiger partial charge in [-0.25, -0.2) is 4.79 Å². The Hall–Kier alpha value is -2.22. The lowest BCUT2D eigenvalue weighted by Gasteiger charge is -2.24. The van der Waals surface area contributed by atoms with Crippen LogP contribution in [0.5, 0.6) is 5.75 Å². The molecule has 0 aromatic carbocycles. The maximum Gasteiger partial charge on any atom is 0.410 e. The second-order valence-corrected chi connectivity index (χ2v) is 7.98. The number of likely N-dealkylation sites (tertiary alicyclic amines) is 1. The molecule has 1 amide bonds. The van der Waals surface area contributed by atoms with Gasteiger partial charge < -0.3 is 14.4 Å². The highest BCUT2D eigenvalue weighted by atomic mass is 16.6. The summed E-state index contributed by atoms with van der Waals surface area (Å²) < 4.78 is 11.4. The summed E-state index contributed by atoms with van der Waals surface area (Å²) in [7, 11) is 0. The van der Waals surface area contributed by atoms with Gasteiger partial charge in [0.25, 0.3) is 0 Å². The van der Waals surface area contributed by atoms with E-state index in [1.807, 2.05) is 26.8 Å². The van der Waals surface area contributed by atoms with Crippen molar-refractivity contribution < 1.29 is 14.3 Å². The molecule has 148 valence electrons. The maximum atomic E-state index is 12.1. The third-order valence-corrected chi connectivity index (χ3v) is 4.20. The van der Waals surface area contributed by atoms with Crippen LogP contribution in [0.1, 0.15) is 71.8 Å². The molecule has 0 aliphatic carbocycles. The molecular weight excluding hydrogens is 340 g/mol. The fourth-order valence-electron chi connectivity index (χ4n) is 2.87. The van der Waals surface area contributed by atoms with Crippen LogP contribution in [0, 0.1) is 11.8 Å². The predicted octanol–water partition coefficient (Wildman–Crippen LogP) is 4.79. The van der Waals surface area contributed by atoms with E-state index in [0.29, 0.717) is 18.8 Å². The van der Waals surface area contributed by atoms with Crippen molar-refractivity contribution in [1.29, 1.82) is 0 Å². The first-order valence-corrected chi connectivity index (χ1v) is 9.96. The van der Waals surface area contributed by atoms with Crippen LogP contribution in [0.25, 0.3) is 0 Å². The number of carbonyl (C=O) groups excluding carboxylic acids is 1. The largest absolute Gasteiger partial charge is 0.487 e. The fraction of sp³-hybridized carbons (Fsp3) is 0.636. The van der Waals surface area contributed by atoms with Crippen molar-refractivity contribution in [2.75, 3.05) is 13.1 Å². The third kappa shape index (κ3) is 7.90. The van der Waals surface area contributed by atoms with Crippen LogP contribution in [0.2, 0.25) is 0 Å². The standard InChI is InChI=1S/C22H32N2O3/c1-5-6-7-8-9-10-11-18-14-20(16-23-15-18)26-19-12-13-24(17-19)21(25)27-22(2,3)4/h14-16,19H,5-9,12-13,17H2,1-4H3/t19-/m0/s1. The number of pyridine rings is 1. The number of nitrogens with zero attached hydrogens (tertiary/aromatic N) is 2. The summed E-state index contributed by atoms with van der Waals surface area (Å²) in [6.07, 6.45) is 9.72. The van der Waals surface area contributed by atoms with E-state index in [9.17, 15) is 4.79 Å². The van der Waals surface area contributed by atoms with E-state index in [1.165, 1.54) is 19.3 Å². The summed E-state index contributed by atoms with van der Waals surface area (Å²) >= 11 is 0. The Balaban J connectivity index is 1.83. The van der Waals surface area contributed by atoms with Gasteiger partial charge in [0.05, 0.1) is 12.7 Å². The van der Waals surface area contributed by atoms with E-state index in [0.717, 1.165) is 24.8 Å². The monoisotopic (exact) mass is 372 g/mol. The smallest absolute Gasteiger partial charge is 0.410 e. The summed E-state index contributed by atoms with van der Waals surface area (Å²) in [4.78, 5) is 18.1. The molecule has 1 atom stereocenters. The van der Waals surface area contributed by atoms with Gasteiger partial charge in [0.2, 0.25) is 0 Å². The van der Waals surface area contributed by atoms with Crippen molar-refractivity contribution in [3.05, 3.63) is 24.0 Å². The molecule has 5 heteroatoms. The molecule has 1 aromatic heterocycles. The second-order valence-electron chi connectivity index (χ2n) is 7.98. The first-order valence-electron chi connectivity index (χ1n) is 9.96. The van der Waals surface area contributed by atoms with Crippen molar-refractivity contribution in [1.82, 2.24) is 9.88 Å². The van der Waals surface area contributed by atoms with Crippen molar-refractivity contribution >= 4 is 6.09 Å². The Morgan fingerprint density at radius 2 is 2.11 bits per heavy atom. The van der Waals surface area contributed by atoms with E-state index in [1.54, 1.807) is 17.3 Å². The van der Waals surface area contributed by atoms with Gasteiger partial charge >= 0.3 is 6.09 Å². The van der Waals surface area contributed by atoms with E-state index >= 15 is 0 Å². The number of rotatable bonds is 6. The topological polar surface area (TPSA) is 51.7 Å². The van der Waals surface area contributed by atoms with Crippen molar-refractivity contribution in [2.45, 2.75) is 77.9 Å². The lowest BCUT2D eigenvalue weighted by Crippen LogP contribution is -2.36. The van der Waals surface area contributed by atoms with Gasteiger partial charge in [0.1, 0.15) is 17.5 Å². The first-order chi connectivity index (χ1) is 12.9. The minimum atomic E-state index is -0.483. The predicted molar refractivity (Wildman–Crippen MR) is 107 cm³/mol. The summed E-state index contributed by atoms with van der Waals surface area (Å²) in [6.45, 7) is 9.00. The van der Waals surface area contributed by atoms with Crippen LogP contribution in [-0.2, 0) is 4.74 Å². The van der Waals surface area contributed by atoms with Crippen molar-refractivity contribution in [3.8, 4) is 17.6 Å². The molecule has 0 radical (unpaired) electrons. The highest BCUT2D eigenvalue weighted by Gasteiger charge is 2.30. The zero-order valence-corrected chi connectivity index (χ0v) is 17.1. The number of carbonyl (C=O) groups is 1. The Bertz CT molecular complexity index is 670. The fourth-order valence-corrected chi connectivity index (χ4v) is 2.87. The normalized spacial score (nSPS) is 16.6. The molecule has 1 aliphatic heterocycles. The zero-order valence-electron chi connectivity index (χ0n) is 17.1. The van der Waals surface area contributed by atoms with E-state index in [2.05, 4.69) is 23.7 Å². The van der Waals surface area contributed by atoms with Gasteiger partial charge in [0, 0.05) is 31.1 Å². The Morgan fingerprint density at radius 1 is 1.30 bits per heavy atom. The van der Waals surface area contributed by atoms with Gasteiger partial charge in [-0.15, -0.1) is 0 Å². The molecule has 1 saturated heterocycles. The molecular formula is C22H32N2O3.